The predicted octanol–water partition coefficient (Wildman–Crippen LogP) is 2.40. The first-order chi connectivity index (χ1) is 11.2. The second kappa shape index (κ2) is 7.35. The van der Waals surface area contributed by atoms with E-state index in [0.717, 1.165) is 25.0 Å². The Balaban J connectivity index is 1.84. The zero-order valence-electron chi connectivity index (χ0n) is 13.2. The molecule has 2 unspecified atom stereocenters. The first kappa shape index (κ1) is 18.5. The van der Waals surface area contributed by atoms with E-state index in [-0.39, 0.29) is 18.3 Å². The molecule has 0 radical (unpaired) electrons. The number of carbonyl (C=O) groups is 1. The summed E-state index contributed by atoms with van der Waals surface area (Å²) in [4.78, 5) is 15.3. The van der Waals surface area contributed by atoms with Crippen LogP contribution in [0.25, 0.3) is 0 Å². The van der Waals surface area contributed by atoms with Gasteiger partial charge in [-0.25, -0.2) is 9.78 Å². The monoisotopic (exact) mass is 347 g/mol. The molecule has 0 bridgehead atoms. The van der Waals surface area contributed by atoms with Crippen molar-refractivity contribution in [2.45, 2.75) is 31.5 Å². The van der Waals surface area contributed by atoms with E-state index in [1.807, 2.05) is 0 Å². The zero-order valence-corrected chi connectivity index (χ0v) is 13.2. The van der Waals surface area contributed by atoms with Gasteiger partial charge in [0.05, 0.1) is 17.8 Å². The highest BCUT2D eigenvalue weighted by atomic mass is 19.4. The molecule has 1 aromatic heterocycles. The van der Waals surface area contributed by atoms with Crippen molar-refractivity contribution in [1.82, 2.24) is 10.3 Å². The van der Waals surface area contributed by atoms with Crippen molar-refractivity contribution < 1.29 is 27.8 Å². The zero-order chi connectivity index (χ0) is 17.8. The van der Waals surface area contributed by atoms with Gasteiger partial charge in [0.2, 0.25) is 0 Å². The molecular weight excluding hydrogens is 327 g/mol. The van der Waals surface area contributed by atoms with E-state index in [0.29, 0.717) is 19.4 Å². The summed E-state index contributed by atoms with van der Waals surface area (Å²) in [6.45, 7) is 2.70. The molecule has 0 aromatic carbocycles. The predicted molar refractivity (Wildman–Crippen MR) is 80.4 cm³/mol. The average molecular weight is 347 g/mol. The van der Waals surface area contributed by atoms with Crippen LogP contribution in [0.2, 0.25) is 0 Å². The topological polar surface area (TPSA) is 83.5 Å². The smallest absolute Gasteiger partial charge is 0.388 e. The Labute approximate surface area is 137 Å². The van der Waals surface area contributed by atoms with Crippen molar-refractivity contribution in [2.24, 2.45) is 5.92 Å². The van der Waals surface area contributed by atoms with E-state index in [1.54, 1.807) is 6.92 Å². The van der Waals surface area contributed by atoms with Crippen LogP contribution in [0.3, 0.4) is 0 Å². The molecule has 2 heterocycles. The first-order valence-corrected chi connectivity index (χ1v) is 7.57. The molecule has 2 atom stereocenters. The maximum absolute atomic E-state index is 12.4. The summed E-state index contributed by atoms with van der Waals surface area (Å²) in [7, 11) is 0. The molecule has 0 saturated carbocycles. The van der Waals surface area contributed by atoms with Crippen molar-refractivity contribution in [3.8, 4) is 0 Å². The van der Waals surface area contributed by atoms with Gasteiger partial charge in [0, 0.05) is 25.3 Å². The van der Waals surface area contributed by atoms with Crippen LogP contribution in [0.4, 0.5) is 23.8 Å². The van der Waals surface area contributed by atoms with Gasteiger partial charge in [0.25, 0.3) is 0 Å². The summed E-state index contributed by atoms with van der Waals surface area (Å²) in [6, 6.07) is 1.24. The van der Waals surface area contributed by atoms with Crippen molar-refractivity contribution in [2.75, 3.05) is 25.1 Å². The minimum atomic E-state index is -4.48. The number of amides is 2. The Bertz CT molecular complexity index is 555. The summed E-state index contributed by atoms with van der Waals surface area (Å²) in [5, 5.41) is 15.2. The van der Waals surface area contributed by atoms with Crippen LogP contribution in [0.5, 0.6) is 0 Å². The maximum atomic E-state index is 12.4. The second-order valence-corrected chi connectivity index (χ2v) is 6.01. The Hall–Kier alpha value is -1.87. The van der Waals surface area contributed by atoms with Gasteiger partial charge in [-0.3, -0.25) is 5.32 Å². The van der Waals surface area contributed by atoms with Gasteiger partial charge in [-0.15, -0.1) is 0 Å². The van der Waals surface area contributed by atoms with E-state index in [9.17, 15) is 23.1 Å². The number of urea groups is 1. The average Bonchev–Trinajstić information content (AvgIpc) is 2.54. The van der Waals surface area contributed by atoms with Crippen LogP contribution in [0.1, 0.15) is 25.3 Å². The van der Waals surface area contributed by atoms with E-state index in [4.69, 9.17) is 4.74 Å². The third kappa shape index (κ3) is 5.07. The normalized spacial score (nSPS) is 21.0. The Morgan fingerprint density at radius 3 is 2.75 bits per heavy atom. The molecule has 2 rings (SSSR count). The number of halogens is 3. The summed E-state index contributed by atoms with van der Waals surface area (Å²) < 4.78 is 42.6. The number of aliphatic hydroxyl groups is 1. The lowest BCUT2D eigenvalue weighted by atomic mass is 9.85. The van der Waals surface area contributed by atoms with Crippen LogP contribution in [0.15, 0.2) is 18.3 Å². The molecule has 2 amide bonds. The maximum Gasteiger partial charge on any atom is 0.417 e. The third-order valence-electron chi connectivity index (χ3n) is 3.98. The van der Waals surface area contributed by atoms with Crippen LogP contribution >= 0.6 is 0 Å². The van der Waals surface area contributed by atoms with Crippen molar-refractivity contribution >= 4 is 11.8 Å². The van der Waals surface area contributed by atoms with E-state index in [2.05, 4.69) is 15.6 Å². The summed E-state index contributed by atoms with van der Waals surface area (Å²) in [5.41, 5.74) is -2.03. The molecule has 1 aliphatic heterocycles. The summed E-state index contributed by atoms with van der Waals surface area (Å²) in [5.74, 6) is -0.100. The molecule has 1 aromatic rings. The first-order valence-electron chi connectivity index (χ1n) is 7.57. The Kier molecular flexibility index (Phi) is 5.66. The minimum Gasteiger partial charge on any atom is -0.388 e. The summed E-state index contributed by atoms with van der Waals surface area (Å²) in [6.07, 6.45) is -2.18. The number of aromatic nitrogens is 1. The number of hydrogen-bond acceptors (Lipinski definition) is 4. The van der Waals surface area contributed by atoms with Gasteiger partial charge in [-0.05, 0) is 31.9 Å². The largest absolute Gasteiger partial charge is 0.417 e. The number of hydrogen-bond donors (Lipinski definition) is 3. The van der Waals surface area contributed by atoms with Gasteiger partial charge in [-0.1, -0.05) is 0 Å². The standard InChI is InChI=1S/C15H20F3N3O3/c1-14(23,11-3-2-6-24-8-11)9-20-13(22)21-12-5-4-10(7-19-12)15(16,17)18/h4-5,7,11,23H,2-3,6,8-9H2,1H3,(H2,19,20,21,22). The highest BCUT2D eigenvalue weighted by Gasteiger charge is 2.34. The number of nitrogens with one attached hydrogen (secondary N) is 2. The van der Waals surface area contributed by atoms with Crippen LogP contribution in [0, 0.1) is 5.92 Å². The molecule has 134 valence electrons. The quantitative estimate of drug-likeness (QED) is 0.781. The van der Waals surface area contributed by atoms with Gasteiger partial charge in [0.15, 0.2) is 0 Å². The molecular formula is C15H20F3N3O3. The molecule has 1 saturated heterocycles. The molecule has 0 spiro atoms. The molecule has 24 heavy (non-hydrogen) atoms. The number of nitrogens with zero attached hydrogens (tertiary/aromatic N) is 1. The van der Waals surface area contributed by atoms with Crippen LogP contribution in [-0.4, -0.2) is 41.5 Å². The fourth-order valence-corrected chi connectivity index (χ4v) is 2.43. The van der Waals surface area contributed by atoms with E-state index in [1.165, 1.54) is 0 Å². The lowest BCUT2D eigenvalue weighted by molar-refractivity contribution is -0.137. The highest BCUT2D eigenvalue weighted by Crippen LogP contribution is 2.29. The van der Waals surface area contributed by atoms with Gasteiger partial charge >= 0.3 is 12.2 Å². The number of pyridine rings is 1. The molecule has 3 N–H and O–H groups in total. The van der Waals surface area contributed by atoms with E-state index >= 15 is 0 Å². The second-order valence-electron chi connectivity index (χ2n) is 6.01. The molecule has 1 fully saturated rings. The van der Waals surface area contributed by atoms with Crippen molar-refractivity contribution in [3.05, 3.63) is 23.9 Å². The minimum absolute atomic E-state index is 0.00645. The van der Waals surface area contributed by atoms with Gasteiger partial charge in [0.1, 0.15) is 5.82 Å². The number of anilines is 1. The fourth-order valence-electron chi connectivity index (χ4n) is 2.43. The van der Waals surface area contributed by atoms with Gasteiger partial charge in [-0.2, -0.15) is 13.2 Å². The SMILES string of the molecule is CC(O)(CNC(=O)Nc1ccc(C(F)(F)F)cn1)C1CCCOC1. The van der Waals surface area contributed by atoms with Crippen LogP contribution < -0.4 is 10.6 Å². The third-order valence-corrected chi connectivity index (χ3v) is 3.98. The highest BCUT2D eigenvalue weighted by molar-refractivity contribution is 5.88. The van der Waals surface area contributed by atoms with E-state index < -0.39 is 23.4 Å². The number of ether oxygens (including phenoxy) is 1. The van der Waals surface area contributed by atoms with Crippen molar-refractivity contribution in [3.63, 3.8) is 0 Å². The molecule has 6 nitrogen and oxygen atoms in total. The number of carbonyl (C=O) groups excluding carboxylic acids is 1. The Morgan fingerprint density at radius 2 is 2.21 bits per heavy atom. The summed E-state index contributed by atoms with van der Waals surface area (Å²) >= 11 is 0. The fraction of sp³-hybridized carbons (Fsp3) is 0.600. The molecule has 9 heteroatoms. The molecule has 0 aliphatic carbocycles. The lowest BCUT2D eigenvalue weighted by Gasteiger charge is -2.35. The van der Waals surface area contributed by atoms with Crippen molar-refractivity contribution in [1.29, 1.82) is 0 Å². The number of rotatable bonds is 4. The Morgan fingerprint density at radius 1 is 1.46 bits per heavy atom. The van der Waals surface area contributed by atoms with Gasteiger partial charge < -0.3 is 15.2 Å². The number of alkyl halides is 3. The van der Waals surface area contributed by atoms with Crippen LogP contribution in [-0.2, 0) is 10.9 Å². The lowest BCUT2D eigenvalue weighted by Crippen LogP contribution is -2.49. The molecule has 1 aliphatic rings.